The Labute approximate surface area is 185 Å². The minimum Gasteiger partial charge on any atom is -0.493 e. The lowest BCUT2D eigenvalue weighted by molar-refractivity contribution is -0.136. The standard InChI is InChI=1S/C24H33NO5S/c1-24(2,14-5-3-4-7-19-12-13-22(26)25-23(19)27)17-31(28,29)21-9-6-8-20(15-21)30-16-18-10-11-18/h3-4,6,8-9,15,18-19H,5,7,10-14,16-17H2,1-2H3,(H,25,26,27)/b4-3+. The molecular formula is C24H33NO5S. The summed E-state index contributed by atoms with van der Waals surface area (Å²) in [5.41, 5.74) is -0.386. The quantitative estimate of drug-likeness (QED) is 0.408. The molecule has 1 saturated carbocycles. The molecule has 2 amide bonds. The monoisotopic (exact) mass is 447 g/mol. The molecule has 7 heteroatoms. The van der Waals surface area contributed by atoms with Gasteiger partial charge in [-0.2, -0.15) is 0 Å². The van der Waals surface area contributed by atoms with Gasteiger partial charge in [0.25, 0.3) is 0 Å². The molecule has 3 rings (SSSR count). The van der Waals surface area contributed by atoms with Gasteiger partial charge in [-0.05, 0) is 68.1 Å². The van der Waals surface area contributed by atoms with Crippen molar-refractivity contribution in [1.29, 1.82) is 0 Å². The molecule has 1 atom stereocenters. The first-order chi connectivity index (χ1) is 14.6. The Bertz CT molecular complexity index is 931. The number of allylic oxidation sites excluding steroid dienone is 2. The van der Waals surface area contributed by atoms with Crippen molar-refractivity contribution in [1.82, 2.24) is 5.32 Å². The second kappa shape index (κ2) is 9.98. The highest BCUT2D eigenvalue weighted by atomic mass is 32.2. The van der Waals surface area contributed by atoms with E-state index in [1.165, 1.54) is 12.8 Å². The Morgan fingerprint density at radius 2 is 1.94 bits per heavy atom. The second-order valence-corrected chi connectivity index (χ2v) is 11.5. The summed E-state index contributed by atoms with van der Waals surface area (Å²) >= 11 is 0. The number of carbonyl (C=O) groups is 2. The minimum atomic E-state index is -3.42. The van der Waals surface area contributed by atoms with Crippen molar-refractivity contribution >= 4 is 21.7 Å². The number of amides is 2. The maximum Gasteiger partial charge on any atom is 0.229 e. The molecule has 2 aliphatic rings. The molecule has 1 aromatic carbocycles. The predicted octanol–water partition coefficient (Wildman–Crippen LogP) is 4.05. The number of carbonyl (C=O) groups excluding carboxylic acids is 2. The average Bonchev–Trinajstić information content (AvgIpc) is 3.51. The molecule has 1 unspecified atom stereocenters. The van der Waals surface area contributed by atoms with Crippen LogP contribution in [0.2, 0.25) is 0 Å². The lowest BCUT2D eigenvalue weighted by atomic mass is 9.89. The smallest absolute Gasteiger partial charge is 0.229 e. The van der Waals surface area contributed by atoms with Crippen molar-refractivity contribution < 1.29 is 22.7 Å². The number of nitrogens with one attached hydrogen (secondary N) is 1. The molecule has 0 aromatic heterocycles. The van der Waals surface area contributed by atoms with Gasteiger partial charge >= 0.3 is 0 Å². The molecule has 1 heterocycles. The highest BCUT2D eigenvalue weighted by Crippen LogP contribution is 2.31. The predicted molar refractivity (Wildman–Crippen MR) is 119 cm³/mol. The molecule has 0 radical (unpaired) electrons. The van der Waals surface area contributed by atoms with Crippen molar-refractivity contribution in [2.75, 3.05) is 12.4 Å². The fraction of sp³-hybridized carbons (Fsp3) is 0.583. The van der Waals surface area contributed by atoms with Crippen LogP contribution in [0.1, 0.15) is 58.8 Å². The zero-order chi connectivity index (χ0) is 22.5. The van der Waals surface area contributed by atoms with Crippen LogP contribution in [0.15, 0.2) is 41.3 Å². The van der Waals surface area contributed by atoms with E-state index < -0.39 is 9.84 Å². The summed E-state index contributed by atoms with van der Waals surface area (Å²) in [5.74, 6) is 0.734. The molecule has 31 heavy (non-hydrogen) atoms. The summed E-state index contributed by atoms with van der Waals surface area (Å²) in [6, 6.07) is 6.81. The number of imide groups is 1. The average molecular weight is 448 g/mol. The van der Waals surface area contributed by atoms with E-state index in [-0.39, 0.29) is 28.9 Å². The number of sulfone groups is 1. The fourth-order valence-electron chi connectivity index (χ4n) is 3.74. The molecule has 170 valence electrons. The van der Waals surface area contributed by atoms with E-state index in [4.69, 9.17) is 4.74 Å². The normalized spacial score (nSPS) is 20.1. The number of hydrogen-bond acceptors (Lipinski definition) is 5. The summed E-state index contributed by atoms with van der Waals surface area (Å²) in [7, 11) is -3.42. The number of rotatable bonds is 11. The topological polar surface area (TPSA) is 89.5 Å². The SMILES string of the molecule is CC(C)(CC/C=C/CC1CCC(=O)NC1=O)CS(=O)(=O)c1cccc(OCC2CC2)c1. The summed E-state index contributed by atoms with van der Waals surface area (Å²) < 4.78 is 31.7. The molecular weight excluding hydrogens is 414 g/mol. The van der Waals surface area contributed by atoms with Crippen LogP contribution in [0.25, 0.3) is 0 Å². The third kappa shape index (κ3) is 7.49. The largest absolute Gasteiger partial charge is 0.493 e. The lowest BCUT2D eigenvalue weighted by Gasteiger charge is -2.24. The molecule has 0 bridgehead atoms. The molecule has 1 N–H and O–H groups in total. The van der Waals surface area contributed by atoms with Crippen molar-refractivity contribution in [3.05, 3.63) is 36.4 Å². The molecule has 1 aromatic rings. The van der Waals surface area contributed by atoms with Crippen LogP contribution in [0, 0.1) is 17.3 Å². The van der Waals surface area contributed by atoms with E-state index in [1.807, 2.05) is 26.0 Å². The highest BCUT2D eigenvalue weighted by molar-refractivity contribution is 7.91. The van der Waals surface area contributed by atoms with Crippen molar-refractivity contribution in [2.45, 2.75) is 63.7 Å². The molecule has 1 aliphatic carbocycles. The van der Waals surface area contributed by atoms with E-state index in [0.717, 1.165) is 12.8 Å². The zero-order valence-corrected chi connectivity index (χ0v) is 19.2. The third-order valence-electron chi connectivity index (χ3n) is 5.86. The molecule has 0 spiro atoms. The summed E-state index contributed by atoms with van der Waals surface area (Å²) in [4.78, 5) is 23.3. The van der Waals surface area contributed by atoms with Gasteiger partial charge in [-0.25, -0.2) is 8.42 Å². The lowest BCUT2D eigenvalue weighted by Crippen LogP contribution is -2.40. The van der Waals surface area contributed by atoms with Gasteiger partial charge in [0.05, 0.1) is 17.3 Å². The number of hydrogen-bond donors (Lipinski definition) is 1. The third-order valence-corrected chi connectivity index (χ3v) is 7.99. The Morgan fingerprint density at radius 3 is 2.65 bits per heavy atom. The van der Waals surface area contributed by atoms with Crippen molar-refractivity contribution in [3.63, 3.8) is 0 Å². The number of piperidine rings is 1. The van der Waals surface area contributed by atoms with Crippen LogP contribution in [0.4, 0.5) is 0 Å². The van der Waals surface area contributed by atoms with E-state index in [1.54, 1.807) is 24.3 Å². The first kappa shape index (κ1) is 23.5. The molecule has 1 aliphatic heterocycles. The van der Waals surface area contributed by atoms with Gasteiger partial charge < -0.3 is 4.74 Å². The first-order valence-electron chi connectivity index (χ1n) is 11.1. The van der Waals surface area contributed by atoms with Crippen LogP contribution in [-0.4, -0.2) is 32.6 Å². The van der Waals surface area contributed by atoms with Crippen LogP contribution in [-0.2, 0) is 19.4 Å². The molecule has 1 saturated heterocycles. The van der Waals surface area contributed by atoms with Crippen LogP contribution >= 0.6 is 0 Å². The minimum absolute atomic E-state index is 0.0626. The Balaban J connectivity index is 1.48. The first-order valence-corrected chi connectivity index (χ1v) is 12.7. The Hall–Kier alpha value is -2.15. The summed E-state index contributed by atoms with van der Waals surface area (Å²) in [5, 5.41) is 2.37. The van der Waals surface area contributed by atoms with Gasteiger partial charge in [0.2, 0.25) is 11.8 Å². The molecule has 2 fully saturated rings. The van der Waals surface area contributed by atoms with Crippen LogP contribution in [0.5, 0.6) is 5.75 Å². The van der Waals surface area contributed by atoms with E-state index in [9.17, 15) is 18.0 Å². The highest BCUT2D eigenvalue weighted by Gasteiger charge is 2.28. The Kier molecular flexibility index (Phi) is 7.57. The second-order valence-electron chi connectivity index (χ2n) is 9.55. The summed E-state index contributed by atoms with van der Waals surface area (Å²) in [6.07, 6.45) is 9.38. The number of benzene rings is 1. The van der Waals surface area contributed by atoms with E-state index in [2.05, 4.69) is 5.32 Å². The summed E-state index contributed by atoms with van der Waals surface area (Å²) in [6.45, 7) is 4.58. The Morgan fingerprint density at radius 1 is 1.16 bits per heavy atom. The number of ether oxygens (including phenoxy) is 1. The fourth-order valence-corrected chi connectivity index (χ4v) is 5.66. The van der Waals surface area contributed by atoms with Gasteiger partial charge in [-0.3, -0.25) is 14.9 Å². The van der Waals surface area contributed by atoms with Gasteiger partial charge in [-0.15, -0.1) is 0 Å². The van der Waals surface area contributed by atoms with Crippen molar-refractivity contribution in [2.24, 2.45) is 17.3 Å². The maximum absolute atomic E-state index is 13.0. The maximum atomic E-state index is 13.0. The van der Waals surface area contributed by atoms with Gasteiger partial charge in [0.15, 0.2) is 9.84 Å². The van der Waals surface area contributed by atoms with Gasteiger partial charge in [-0.1, -0.05) is 32.1 Å². The molecule has 6 nitrogen and oxygen atoms in total. The zero-order valence-electron chi connectivity index (χ0n) is 18.4. The van der Waals surface area contributed by atoms with Gasteiger partial charge in [0, 0.05) is 12.3 Å². The van der Waals surface area contributed by atoms with Crippen molar-refractivity contribution in [3.8, 4) is 5.75 Å². The van der Waals surface area contributed by atoms with Crippen LogP contribution < -0.4 is 10.1 Å². The van der Waals surface area contributed by atoms with Gasteiger partial charge in [0.1, 0.15) is 5.75 Å². The van der Waals surface area contributed by atoms with Crippen LogP contribution in [0.3, 0.4) is 0 Å². The van der Waals surface area contributed by atoms with E-state index >= 15 is 0 Å². The van der Waals surface area contributed by atoms with E-state index in [0.29, 0.717) is 42.4 Å².